The third-order valence-electron chi connectivity index (χ3n) is 2.21. The molecule has 1 rings (SSSR count). The molecule has 0 radical (unpaired) electrons. The first-order valence-corrected chi connectivity index (χ1v) is 11.8. The van der Waals surface area contributed by atoms with Crippen LogP contribution in [-0.2, 0) is 4.43 Å². The summed E-state index contributed by atoms with van der Waals surface area (Å²) in [7, 11) is -2.14. The summed E-state index contributed by atoms with van der Waals surface area (Å²) < 4.78 is 6.26. The van der Waals surface area contributed by atoms with Crippen LogP contribution >= 0.6 is 0 Å². The second-order valence-corrected chi connectivity index (χ2v) is 12.8. The van der Waals surface area contributed by atoms with Gasteiger partial charge in [0.1, 0.15) is 0 Å². The van der Waals surface area contributed by atoms with Gasteiger partial charge < -0.3 is 4.43 Å². The van der Waals surface area contributed by atoms with Gasteiger partial charge in [0.15, 0.2) is 8.32 Å². The fourth-order valence-corrected chi connectivity index (χ4v) is 5.89. The molecule has 0 amide bonds. The zero-order chi connectivity index (χ0) is 10.8. The van der Waals surface area contributed by atoms with Crippen LogP contribution in [0.2, 0.25) is 32.7 Å². The second-order valence-electron chi connectivity index (χ2n) is 5.24. The van der Waals surface area contributed by atoms with Crippen LogP contribution in [0.25, 0.3) is 0 Å². The van der Waals surface area contributed by atoms with Crippen molar-refractivity contribution in [1.82, 2.24) is 0 Å². The summed E-state index contributed by atoms with van der Waals surface area (Å²) >= 11 is 0. The summed E-state index contributed by atoms with van der Waals surface area (Å²) in [5.74, 6) is 0. The largest absolute Gasteiger partial charge is 0.414 e. The highest BCUT2D eigenvalue weighted by molar-refractivity contribution is 6.71. The molecule has 0 spiro atoms. The summed E-state index contributed by atoms with van der Waals surface area (Å²) in [6.45, 7) is 11.6. The quantitative estimate of drug-likeness (QED) is 0.669. The van der Waals surface area contributed by atoms with Crippen LogP contribution in [0.5, 0.6) is 0 Å². The molecule has 0 saturated carbocycles. The molecule has 0 saturated heterocycles. The third-order valence-corrected chi connectivity index (χ3v) is 5.18. The zero-order valence-corrected chi connectivity index (χ0v) is 12.2. The predicted octanol–water partition coefficient (Wildman–Crippen LogP) is 3.12. The highest BCUT2D eigenvalue weighted by Crippen LogP contribution is 2.21. The Morgan fingerprint density at radius 3 is 2.36 bits per heavy atom. The second kappa shape index (κ2) is 4.60. The molecule has 1 aliphatic carbocycles. The van der Waals surface area contributed by atoms with Gasteiger partial charge in [-0.25, -0.2) is 0 Å². The Kier molecular flexibility index (Phi) is 3.92. The zero-order valence-electron chi connectivity index (χ0n) is 10.0. The van der Waals surface area contributed by atoms with Gasteiger partial charge in [0.25, 0.3) is 0 Å². The number of hydrogen-bond acceptors (Lipinski definition) is 1. The van der Waals surface area contributed by atoms with Gasteiger partial charge in [-0.3, -0.25) is 0 Å². The Balaban J connectivity index is 2.70. The van der Waals surface area contributed by atoms with Gasteiger partial charge in [-0.15, -0.1) is 0 Å². The van der Waals surface area contributed by atoms with E-state index < -0.39 is 17.1 Å². The Labute approximate surface area is 90.6 Å². The Morgan fingerprint density at radius 1 is 1.36 bits per heavy atom. The molecule has 0 aromatic rings. The van der Waals surface area contributed by atoms with Crippen molar-refractivity contribution < 1.29 is 4.43 Å². The molecular weight excluding hydrogens is 204 g/mol. The van der Waals surface area contributed by atoms with E-state index >= 15 is 0 Å². The van der Waals surface area contributed by atoms with Gasteiger partial charge in [0.2, 0.25) is 0 Å². The molecule has 0 aliphatic heterocycles. The third kappa shape index (κ3) is 3.55. The van der Waals surface area contributed by atoms with Crippen LogP contribution < -0.4 is 0 Å². The maximum Gasteiger partial charge on any atom is 0.184 e. The number of rotatable bonds is 4. The lowest BCUT2D eigenvalue weighted by Crippen LogP contribution is -2.39. The lowest BCUT2D eigenvalue weighted by molar-refractivity contribution is 0.304. The minimum absolute atomic E-state index is 0.445. The molecule has 1 atom stereocenters. The first kappa shape index (κ1) is 11.9. The van der Waals surface area contributed by atoms with Crippen molar-refractivity contribution in [2.45, 2.75) is 44.9 Å². The molecule has 1 unspecified atom stereocenters. The van der Waals surface area contributed by atoms with Crippen molar-refractivity contribution in [2.24, 2.45) is 0 Å². The van der Waals surface area contributed by atoms with Crippen molar-refractivity contribution in [1.29, 1.82) is 0 Å². The molecule has 0 fully saturated rings. The Bertz CT molecular complexity index is 249. The van der Waals surface area contributed by atoms with Crippen LogP contribution in [0.1, 0.15) is 6.42 Å². The van der Waals surface area contributed by atoms with E-state index in [1.165, 1.54) is 5.57 Å². The summed E-state index contributed by atoms with van der Waals surface area (Å²) in [5, 5.41) is 0. The normalized spacial score (nSPS) is 18.9. The van der Waals surface area contributed by atoms with Crippen LogP contribution in [0.15, 0.2) is 23.8 Å². The minimum atomic E-state index is -1.39. The molecule has 0 aromatic heterocycles. The van der Waals surface area contributed by atoms with Crippen molar-refractivity contribution in [3.05, 3.63) is 23.8 Å². The van der Waals surface area contributed by atoms with E-state index in [1.54, 1.807) is 0 Å². The number of hydrogen-bond donors (Lipinski definition) is 0. The molecule has 0 aromatic carbocycles. The van der Waals surface area contributed by atoms with Crippen LogP contribution in [0, 0.1) is 0 Å². The Hall–Kier alpha value is -0.126. The van der Waals surface area contributed by atoms with Crippen LogP contribution in [0.4, 0.5) is 0 Å². The van der Waals surface area contributed by atoms with E-state index in [1.807, 2.05) is 0 Å². The first-order chi connectivity index (χ1) is 6.40. The molecule has 0 N–H and O–H groups in total. The van der Waals surface area contributed by atoms with Crippen LogP contribution in [-0.4, -0.2) is 22.8 Å². The van der Waals surface area contributed by atoms with Crippen molar-refractivity contribution >= 4 is 17.1 Å². The highest BCUT2D eigenvalue weighted by atomic mass is 28.4. The first-order valence-electron chi connectivity index (χ1n) is 5.44. The van der Waals surface area contributed by atoms with Gasteiger partial charge in [0.05, 0.1) is 14.5 Å². The number of allylic oxidation sites excluding steroid dienone is 2. The summed E-state index contributed by atoms with van der Waals surface area (Å²) in [6.07, 6.45) is 7.89. The smallest absolute Gasteiger partial charge is 0.184 e. The van der Waals surface area contributed by atoms with E-state index in [9.17, 15) is 0 Å². The van der Waals surface area contributed by atoms with Crippen LogP contribution in [0.3, 0.4) is 0 Å². The average molecular weight is 226 g/mol. The average Bonchev–Trinajstić information content (AvgIpc) is 2.49. The monoisotopic (exact) mass is 226 g/mol. The van der Waals surface area contributed by atoms with Gasteiger partial charge in [-0.05, 0) is 31.6 Å². The molecule has 0 heterocycles. The fraction of sp³-hybridized carbons (Fsp3) is 0.636. The van der Waals surface area contributed by atoms with Crippen molar-refractivity contribution in [3.8, 4) is 0 Å². The van der Waals surface area contributed by atoms with E-state index in [0.29, 0.717) is 5.73 Å². The van der Waals surface area contributed by atoms with Crippen molar-refractivity contribution in [2.75, 3.05) is 0 Å². The molecule has 80 valence electrons. The standard InChI is InChI=1S/C11H22OSi2/c1-13(2)11(12-14(3,4)5)10-8-6-7-9-10/h6,8-9,11,13H,7H2,1-5H3. The fourth-order valence-electron chi connectivity index (χ4n) is 1.66. The van der Waals surface area contributed by atoms with E-state index in [0.717, 1.165) is 6.42 Å². The Morgan fingerprint density at radius 2 is 2.00 bits per heavy atom. The highest BCUT2D eigenvalue weighted by Gasteiger charge is 2.26. The summed E-state index contributed by atoms with van der Waals surface area (Å²) in [5.41, 5.74) is 1.88. The summed E-state index contributed by atoms with van der Waals surface area (Å²) in [4.78, 5) is 0. The molecule has 1 aliphatic rings. The maximum absolute atomic E-state index is 6.26. The van der Waals surface area contributed by atoms with Gasteiger partial charge in [-0.2, -0.15) is 0 Å². The molecular formula is C11H22OSi2. The lowest BCUT2D eigenvalue weighted by atomic mass is 10.3. The molecule has 0 bridgehead atoms. The molecule has 3 heteroatoms. The van der Waals surface area contributed by atoms with Gasteiger partial charge >= 0.3 is 0 Å². The van der Waals surface area contributed by atoms with E-state index in [-0.39, 0.29) is 0 Å². The SMILES string of the molecule is C[SiH](C)C(O[Si](C)(C)C)C1=CCC=C1. The molecule has 1 nitrogen and oxygen atoms in total. The predicted molar refractivity (Wildman–Crippen MR) is 68.9 cm³/mol. The van der Waals surface area contributed by atoms with E-state index in [4.69, 9.17) is 4.43 Å². The minimum Gasteiger partial charge on any atom is -0.414 e. The lowest BCUT2D eigenvalue weighted by Gasteiger charge is -2.29. The van der Waals surface area contributed by atoms with E-state index in [2.05, 4.69) is 51.0 Å². The maximum atomic E-state index is 6.26. The van der Waals surface area contributed by atoms with Gasteiger partial charge in [0, 0.05) is 0 Å². The van der Waals surface area contributed by atoms with Gasteiger partial charge in [-0.1, -0.05) is 31.3 Å². The molecule has 14 heavy (non-hydrogen) atoms. The van der Waals surface area contributed by atoms with Crippen molar-refractivity contribution in [3.63, 3.8) is 0 Å². The summed E-state index contributed by atoms with van der Waals surface area (Å²) in [6, 6.07) is 0. The topological polar surface area (TPSA) is 9.23 Å².